The van der Waals surface area contributed by atoms with Gasteiger partial charge < -0.3 is 10.0 Å². The number of carbonyl (C=O) groups excluding carboxylic acids is 2. The van der Waals surface area contributed by atoms with Crippen molar-refractivity contribution in [3.05, 3.63) is 81.4 Å². The van der Waals surface area contributed by atoms with E-state index in [-0.39, 0.29) is 23.6 Å². The zero-order valence-electron chi connectivity index (χ0n) is 14.0. The standard InChI is InChI=1S/C19H15BrN2O5/c20-9-10-21-16(13-7-4-8-14(11-13)22(26)27)15(18(24)19(21)25)17(23)12-5-2-1-3-6-12/h1-8,11,16,23H,9-10H2/b17-15-. The number of rotatable bonds is 5. The first-order valence-electron chi connectivity index (χ1n) is 8.10. The summed E-state index contributed by atoms with van der Waals surface area (Å²) in [6.45, 7) is 0.212. The highest BCUT2D eigenvalue weighted by atomic mass is 79.9. The van der Waals surface area contributed by atoms with E-state index in [2.05, 4.69) is 15.9 Å². The molecule has 1 amide bonds. The number of likely N-dealkylation sites (tertiary alicyclic amines) is 1. The number of Topliss-reactive ketones (excluding diaryl/α,β-unsaturated/α-hetero) is 1. The number of amides is 1. The van der Waals surface area contributed by atoms with Crippen molar-refractivity contribution in [1.82, 2.24) is 4.90 Å². The fourth-order valence-electron chi connectivity index (χ4n) is 3.11. The van der Waals surface area contributed by atoms with Crippen molar-refractivity contribution in [3.63, 3.8) is 0 Å². The third-order valence-electron chi connectivity index (χ3n) is 4.31. The van der Waals surface area contributed by atoms with Gasteiger partial charge in [-0.2, -0.15) is 0 Å². The molecule has 7 nitrogen and oxygen atoms in total. The molecule has 1 unspecified atom stereocenters. The number of nitrogens with zero attached hydrogens (tertiary/aromatic N) is 2. The second-order valence-electron chi connectivity index (χ2n) is 5.90. The predicted molar refractivity (Wildman–Crippen MR) is 102 cm³/mol. The van der Waals surface area contributed by atoms with E-state index in [0.717, 1.165) is 0 Å². The van der Waals surface area contributed by atoms with Crippen molar-refractivity contribution < 1.29 is 19.6 Å². The number of halogens is 1. The van der Waals surface area contributed by atoms with Gasteiger partial charge in [0.05, 0.1) is 16.5 Å². The van der Waals surface area contributed by atoms with E-state index in [1.165, 1.54) is 23.1 Å². The van der Waals surface area contributed by atoms with Crippen molar-refractivity contribution in [3.8, 4) is 0 Å². The molecule has 0 aliphatic carbocycles. The van der Waals surface area contributed by atoms with Crippen LogP contribution in [0.4, 0.5) is 5.69 Å². The molecule has 1 heterocycles. The summed E-state index contributed by atoms with van der Waals surface area (Å²) in [5, 5.41) is 22.3. The van der Waals surface area contributed by atoms with Crippen LogP contribution in [0, 0.1) is 10.1 Å². The summed E-state index contributed by atoms with van der Waals surface area (Å²) in [6, 6.07) is 13.2. The Labute approximate surface area is 163 Å². The van der Waals surface area contributed by atoms with Crippen LogP contribution in [0.5, 0.6) is 0 Å². The number of nitro benzene ring substituents is 1. The quantitative estimate of drug-likeness (QED) is 0.195. The predicted octanol–water partition coefficient (Wildman–Crippen LogP) is 3.41. The van der Waals surface area contributed by atoms with Gasteiger partial charge >= 0.3 is 0 Å². The first kappa shape index (κ1) is 18.8. The lowest BCUT2D eigenvalue weighted by Gasteiger charge is -2.24. The second-order valence-corrected chi connectivity index (χ2v) is 6.69. The highest BCUT2D eigenvalue weighted by molar-refractivity contribution is 9.09. The molecule has 2 aromatic rings. The number of alkyl halides is 1. The Kier molecular flexibility index (Phi) is 5.36. The first-order chi connectivity index (χ1) is 13.0. The third kappa shape index (κ3) is 3.48. The number of benzene rings is 2. The van der Waals surface area contributed by atoms with Crippen LogP contribution < -0.4 is 0 Å². The molecule has 1 aliphatic rings. The average Bonchev–Trinajstić information content (AvgIpc) is 2.93. The molecule has 8 heteroatoms. The van der Waals surface area contributed by atoms with E-state index in [9.17, 15) is 24.8 Å². The number of non-ortho nitro benzene ring substituents is 1. The van der Waals surface area contributed by atoms with Crippen LogP contribution in [0.3, 0.4) is 0 Å². The third-order valence-corrected chi connectivity index (χ3v) is 4.66. The summed E-state index contributed by atoms with van der Waals surface area (Å²) in [6.07, 6.45) is 0. The monoisotopic (exact) mass is 430 g/mol. The molecule has 1 aliphatic heterocycles. The SMILES string of the molecule is O=C1C(=O)N(CCBr)C(c2cccc([N+](=O)[O-])c2)/C1=C(/O)c1ccccc1. The highest BCUT2D eigenvalue weighted by Gasteiger charge is 2.46. The first-order valence-corrected chi connectivity index (χ1v) is 9.22. The Morgan fingerprint density at radius 2 is 1.85 bits per heavy atom. The molecule has 1 N–H and O–H groups in total. The lowest BCUT2D eigenvalue weighted by Crippen LogP contribution is -2.31. The molecule has 0 aromatic heterocycles. The molecule has 0 bridgehead atoms. The molecule has 1 atom stereocenters. The van der Waals surface area contributed by atoms with Gasteiger partial charge in [0, 0.05) is 29.6 Å². The van der Waals surface area contributed by atoms with Crippen molar-refractivity contribution in [2.24, 2.45) is 0 Å². The topological polar surface area (TPSA) is 101 Å². The number of hydrogen-bond donors (Lipinski definition) is 1. The summed E-state index contributed by atoms with van der Waals surface area (Å²) in [5.41, 5.74) is 0.552. The van der Waals surface area contributed by atoms with Crippen LogP contribution in [0.1, 0.15) is 17.2 Å². The van der Waals surface area contributed by atoms with Crippen LogP contribution >= 0.6 is 15.9 Å². The fraction of sp³-hybridized carbons (Fsp3) is 0.158. The van der Waals surface area contributed by atoms with Crippen molar-refractivity contribution in [1.29, 1.82) is 0 Å². The normalized spacial score (nSPS) is 18.7. The Hall–Kier alpha value is -3.00. The van der Waals surface area contributed by atoms with Crippen molar-refractivity contribution >= 4 is 39.1 Å². The molecule has 1 saturated heterocycles. The lowest BCUT2D eigenvalue weighted by atomic mass is 9.95. The molecule has 1 fully saturated rings. The summed E-state index contributed by atoms with van der Waals surface area (Å²) in [5.74, 6) is -1.86. The molecule has 138 valence electrons. The van der Waals surface area contributed by atoms with Gasteiger partial charge in [-0.05, 0) is 5.56 Å². The fourth-order valence-corrected chi connectivity index (χ4v) is 3.49. The van der Waals surface area contributed by atoms with E-state index in [0.29, 0.717) is 16.5 Å². The zero-order valence-corrected chi connectivity index (χ0v) is 15.6. The van der Waals surface area contributed by atoms with E-state index in [1.54, 1.807) is 36.4 Å². The maximum Gasteiger partial charge on any atom is 0.295 e. The number of ketones is 1. The van der Waals surface area contributed by atoms with Crippen LogP contribution in [0.2, 0.25) is 0 Å². The molecule has 0 saturated carbocycles. The minimum Gasteiger partial charge on any atom is -0.507 e. The van der Waals surface area contributed by atoms with Gasteiger partial charge in [0.2, 0.25) is 0 Å². The van der Waals surface area contributed by atoms with Gasteiger partial charge in [-0.3, -0.25) is 19.7 Å². The maximum atomic E-state index is 12.6. The van der Waals surface area contributed by atoms with Gasteiger partial charge in [0.1, 0.15) is 5.76 Å². The summed E-state index contributed by atoms with van der Waals surface area (Å²) >= 11 is 3.25. The molecule has 2 aromatic carbocycles. The van der Waals surface area contributed by atoms with Gasteiger partial charge in [0.15, 0.2) is 0 Å². The molecule has 0 spiro atoms. The number of aliphatic hydroxyl groups is 1. The summed E-state index contributed by atoms with van der Waals surface area (Å²) in [4.78, 5) is 37.1. The Morgan fingerprint density at radius 3 is 2.48 bits per heavy atom. The number of carbonyl (C=O) groups is 2. The minimum atomic E-state index is -0.900. The number of hydrogen-bond acceptors (Lipinski definition) is 5. The van der Waals surface area contributed by atoms with Crippen LogP contribution in [-0.4, -0.2) is 38.5 Å². The van der Waals surface area contributed by atoms with E-state index < -0.39 is 22.7 Å². The average molecular weight is 431 g/mol. The number of nitro groups is 1. The van der Waals surface area contributed by atoms with Crippen LogP contribution in [0.25, 0.3) is 5.76 Å². The van der Waals surface area contributed by atoms with Gasteiger partial charge in [-0.1, -0.05) is 58.4 Å². The Morgan fingerprint density at radius 1 is 1.15 bits per heavy atom. The van der Waals surface area contributed by atoms with E-state index in [4.69, 9.17) is 0 Å². The zero-order chi connectivity index (χ0) is 19.6. The minimum absolute atomic E-state index is 0.0763. The summed E-state index contributed by atoms with van der Waals surface area (Å²) in [7, 11) is 0. The second kappa shape index (κ2) is 7.71. The van der Waals surface area contributed by atoms with E-state index in [1.807, 2.05) is 0 Å². The van der Waals surface area contributed by atoms with Crippen LogP contribution in [-0.2, 0) is 9.59 Å². The van der Waals surface area contributed by atoms with Crippen molar-refractivity contribution in [2.45, 2.75) is 6.04 Å². The van der Waals surface area contributed by atoms with Gasteiger partial charge in [0.25, 0.3) is 17.4 Å². The Bertz CT molecular complexity index is 942. The molecule has 3 rings (SSSR count). The van der Waals surface area contributed by atoms with Crippen LogP contribution in [0.15, 0.2) is 60.2 Å². The maximum absolute atomic E-state index is 12.6. The smallest absolute Gasteiger partial charge is 0.295 e. The molecule has 0 radical (unpaired) electrons. The van der Waals surface area contributed by atoms with E-state index >= 15 is 0 Å². The van der Waals surface area contributed by atoms with Crippen molar-refractivity contribution in [2.75, 3.05) is 11.9 Å². The largest absolute Gasteiger partial charge is 0.507 e. The Balaban J connectivity index is 2.21. The lowest BCUT2D eigenvalue weighted by molar-refractivity contribution is -0.384. The van der Waals surface area contributed by atoms with Gasteiger partial charge in [-0.15, -0.1) is 0 Å². The highest BCUT2D eigenvalue weighted by Crippen LogP contribution is 2.40. The molecular formula is C19H15BrN2O5. The van der Waals surface area contributed by atoms with Gasteiger partial charge in [-0.25, -0.2) is 0 Å². The molecular weight excluding hydrogens is 416 g/mol. The number of aliphatic hydroxyl groups excluding tert-OH is 1. The summed E-state index contributed by atoms with van der Waals surface area (Å²) < 4.78 is 0. The molecule has 27 heavy (non-hydrogen) atoms.